The molecule has 0 saturated carbocycles. The first-order valence-corrected chi connectivity index (χ1v) is 11.0. The first kappa shape index (κ1) is 23.8. The summed E-state index contributed by atoms with van der Waals surface area (Å²) >= 11 is 0. The minimum atomic E-state index is -4.78. The van der Waals surface area contributed by atoms with Crippen molar-refractivity contribution in [1.29, 1.82) is 0 Å². The molecule has 1 aliphatic rings. The largest absolute Gasteiger partial charge is 0.573 e. The number of amides is 1. The lowest BCUT2D eigenvalue weighted by molar-refractivity contribution is -0.274. The summed E-state index contributed by atoms with van der Waals surface area (Å²) in [4.78, 5) is 19.3. The van der Waals surface area contributed by atoms with Crippen LogP contribution in [0.1, 0.15) is 16.8 Å². The number of fused-ring (bicyclic) bond motifs is 1. The van der Waals surface area contributed by atoms with E-state index in [-0.39, 0.29) is 11.7 Å². The number of nitrogens with zero attached hydrogens (tertiary/aromatic N) is 2. The van der Waals surface area contributed by atoms with Gasteiger partial charge in [0.2, 0.25) is 0 Å². The maximum absolute atomic E-state index is 12.8. The molecule has 0 atom stereocenters. The fourth-order valence-electron chi connectivity index (χ4n) is 3.79. The number of nitrogens with one attached hydrogen (secondary N) is 2. The third-order valence-electron chi connectivity index (χ3n) is 5.43. The van der Waals surface area contributed by atoms with Gasteiger partial charge in [0.1, 0.15) is 5.75 Å². The quantitative estimate of drug-likeness (QED) is 0.474. The van der Waals surface area contributed by atoms with Crippen molar-refractivity contribution in [3.63, 3.8) is 0 Å². The topological polar surface area (TPSA) is 75.7 Å². The van der Waals surface area contributed by atoms with E-state index >= 15 is 0 Å². The van der Waals surface area contributed by atoms with Crippen LogP contribution < -0.4 is 15.4 Å². The van der Waals surface area contributed by atoms with Crippen LogP contribution in [0, 0.1) is 0 Å². The number of morpholine rings is 1. The van der Waals surface area contributed by atoms with Crippen molar-refractivity contribution in [3.8, 4) is 5.75 Å². The zero-order valence-electron chi connectivity index (χ0n) is 18.4. The third kappa shape index (κ3) is 6.36. The van der Waals surface area contributed by atoms with E-state index in [1.165, 1.54) is 24.4 Å². The van der Waals surface area contributed by atoms with Crippen LogP contribution >= 0.6 is 0 Å². The number of rotatable bonds is 8. The van der Waals surface area contributed by atoms with Gasteiger partial charge in [-0.25, -0.2) is 0 Å². The maximum atomic E-state index is 12.8. The fraction of sp³-hybridized carbons (Fsp3) is 0.333. The third-order valence-corrected chi connectivity index (χ3v) is 5.43. The van der Waals surface area contributed by atoms with E-state index in [0.29, 0.717) is 34.4 Å². The highest BCUT2D eigenvalue weighted by atomic mass is 19.4. The highest BCUT2D eigenvalue weighted by molar-refractivity contribution is 6.02. The van der Waals surface area contributed by atoms with Gasteiger partial charge in [0.05, 0.1) is 30.0 Å². The second kappa shape index (κ2) is 10.7. The first-order valence-electron chi connectivity index (χ1n) is 11.0. The van der Waals surface area contributed by atoms with Crippen LogP contribution in [0.3, 0.4) is 0 Å². The minimum Gasteiger partial charge on any atom is -0.406 e. The van der Waals surface area contributed by atoms with Crippen LogP contribution in [-0.4, -0.2) is 61.5 Å². The molecule has 0 radical (unpaired) electrons. The van der Waals surface area contributed by atoms with Crippen LogP contribution in [0.4, 0.5) is 24.5 Å². The second-order valence-corrected chi connectivity index (χ2v) is 7.82. The Labute approximate surface area is 194 Å². The molecule has 2 heterocycles. The lowest BCUT2D eigenvalue weighted by Gasteiger charge is -2.26. The lowest BCUT2D eigenvalue weighted by Crippen LogP contribution is -2.38. The predicted octanol–water partition coefficient (Wildman–Crippen LogP) is 4.33. The molecular weight excluding hydrogens is 449 g/mol. The van der Waals surface area contributed by atoms with Crippen molar-refractivity contribution in [3.05, 3.63) is 60.3 Å². The average molecular weight is 474 g/mol. The molecule has 7 nitrogen and oxygen atoms in total. The van der Waals surface area contributed by atoms with Crippen molar-refractivity contribution in [2.45, 2.75) is 12.8 Å². The molecule has 34 heavy (non-hydrogen) atoms. The number of hydrogen-bond acceptors (Lipinski definition) is 6. The van der Waals surface area contributed by atoms with Gasteiger partial charge < -0.3 is 20.1 Å². The van der Waals surface area contributed by atoms with E-state index in [2.05, 4.69) is 25.3 Å². The number of ether oxygens (including phenoxy) is 2. The summed E-state index contributed by atoms with van der Waals surface area (Å²) in [5.74, 6) is -0.550. The zero-order valence-corrected chi connectivity index (χ0v) is 18.4. The number of para-hydroxylation sites is 1. The van der Waals surface area contributed by atoms with E-state index in [4.69, 9.17) is 4.74 Å². The average Bonchev–Trinajstić information content (AvgIpc) is 2.82. The molecular formula is C24H25F3N4O3. The van der Waals surface area contributed by atoms with Crippen molar-refractivity contribution < 1.29 is 27.4 Å². The summed E-state index contributed by atoms with van der Waals surface area (Å²) in [6.45, 7) is 4.74. The Morgan fingerprint density at radius 3 is 2.68 bits per heavy atom. The predicted molar refractivity (Wildman–Crippen MR) is 122 cm³/mol. The molecule has 1 aromatic heterocycles. The molecule has 0 spiro atoms. The molecule has 1 amide bonds. The van der Waals surface area contributed by atoms with Gasteiger partial charge in [-0.1, -0.05) is 12.1 Å². The normalized spacial score (nSPS) is 14.7. The number of carbonyl (C=O) groups excluding carboxylic acids is 1. The molecule has 2 N–H and O–H groups in total. The SMILES string of the molecule is O=C(NCCCN1CCOCC1)c1ccccc1Nc1ccnc2cc(OC(F)(F)F)ccc12. The minimum absolute atomic E-state index is 0.204. The fourth-order valence-corrected chi connectivity index (χ4v) is 3.79. The van der Waals surface area contributed by atoms with Crippen LogP contribution in [0.2, 0.25) is 0 Å². The molecule has 1 fully saturated rings. The van der Waals surface area contributed by atoms with Crippen molar-refractivity contribution in [2.75, 3.05) is 44.7 Å². The Morgan fingerprint density at radius 1 is 1.09 bits per heavy atom. The van der Waals surface area contributed by atoms with Crippen LogP contribution in [0.25, 0.3) is 10.9 Å². The number of aromatic nitrogens is 1. The van der Waals surface area contributed by atoms with Gasteiger partial charge in [0, 0.05) is 43.0 Å². The van der Waals surface area contributed by atoms with Crippen molar-refractivity contribution in [1.82, 2.24) is 15.2 Å². The van der Waals surface area contributed by atoms with Gasteiger partial charge in [0.15, 0.2) is 0 Å². The van der Waals surface area contributed by atoms with Crippen LogP contribution in [0.15, 0.2) is 54.7 Å². The monoisotopic (exact) mass is 474 g/mol. The number of hydrogen-bond donors (Lipinski definition) is 2. The maximum Gasteiger partial charge on any atom is 0.573 e. The van der Waals surface area contributed by atoms with Crippen LogP contribution in [0.5, 0.6) is 5.75 Å². The van der Waals surface area contributed by atoms with Crippen molar-refractivity contribution >= 4 is 28.2 Å². The zero-order chi connectivity index (χ0) is 24.0. The molecule has 180 valence electrons. The van der Waals surface area contributed by atoms with Gasteiger partial charge in [-0.2, -0.15) is 0 Å². The molecule has 0 aliphatic carbocycles. The molecule has 0 bridgehead atoms. The molecule has 0 unspecified atom stereocenters. The molecule has 10 heteroatoms. The number of pyridine rings is 1. The Kier molecular flexibility index (Phi) is 7.49. The molecule has 4 rings (SSSR count). The number of anilines is 2. The Morgan fingerprint density at radius 2 is 1.88 bits per heavy atom. The highest BCUT2D eigenvalue weighted by Gasteiger charge is 2.31. The van der Waals surface area contributed by atoms with Gasteiger partial charge in [-0.3, -0.25) is 14.7 Å². The van der Waals surface area contributed by atoms with E-state index in [1.807, 2.05) is 0 Å². The van der Waals surface area contributed by atoms with E-state index in [9.17, 15) is 18.0 Å². The number of carbonyl (C=O) groups is 1. The van der Waals surface area contributed by atoms with E-state index in [1.54, 1.807) is 30.3 Å². The molecule has 2 aromatic carbocycles. The first-order chi connectivity index (χ1) is 16.4. The summed E-state index contributed by atoms with van der Waals surface area (Å²) in [5.41, 5.74) is 1.99. The number of benzene rings is 2. The van der Waals surface area contributed by atoms with Gasteiger partial charge in [0.25, 0.3) is 5.91 Å². The summed E-state index contributed by atoms with van der Waals surface area (Å²) in [7, 11) is 0. The van der Waals surface area contributed by atoms with E-state index < -0.39 is 6.36 Å². The van der Waals surface area contributed by atoms with E-state index in [0.717, 1.165) is 39.3 Å². The van der Waals surface area contributed by atoms with Gasteiger partial charge in [-0.05, 0) is 43.3 Å². The number of alkyl halides is 3. The Balaban J connectivity index is 1.43. The lowest BCUT2D eigenvalue weighted by atomic mass is 10.1. The van der Waals surface area contributed by atoms with Gasteiger partial charge >= 0.3 is 6.36 Å². The molecule has 1 saturated heterocycles. The number of halogens is 3. The Hall–Kier alpha value is -3.37. The van der Waals surface area contributed by atoms with Crippen molar-refractivity contribution in [2.24, 2.45) is 0 Å². The standard InChI is InChI=1S/C24H25F3N4O3/c25-24(26,27)34-17-6-7-18-21(8-10-28-22(18)16-17)30-20-5-2-1-4-19(20)23(32)29-9-3-11-31-12-14-33-15-13-31/h1-2,4-8,10,16H,3,9,11-15H2,(H,28,30)(H,29,32). The second-order valence-electron chi connectivity index (χ2n) is 7.82. The summed E-state index contributed by atoms with van der Waals surface area (Å²) < 4.78 is 46.9. The van der Waals surface area contributed by atoms with Crippen LogP contribution in [-0.2, 0) is 4.74 Å². The van der Waals surface area contributed by atoms with Gasteiger partial charge in [-0.15, -0.1) is 13.2 Å². The summed E-state index contributed by atoms with van der Waals surface area (Å²) in [6, 6.07) is 12.7. The molecule has 1 aliphatic heterocycles. The summed E-state index contributed by atoms with van der Waals surface area (Å²) in [6.07, 6.45) is -2.47. The summed E-state index contributed by atoms with van der Waals surface area (Å²) in [5, 5.41) is 6.77. The molecule has 3 aromatic rings. The Bertz CT molecular complexity index is 1130. The smallest absolute Gasteiger partial charge is 0.406 e. The highest BCUT2D eigenvalue weighted by Crippen LogP contribution is 2.31.